The van der Waals surface area contributed by atoms with Gasteiger partial charge in [-0.3, -0.25) is 9.59 Å². The van der Waals surface area contributed by atoms with Crippen LogP contribution in [0.15, 0.2) is 25.0 Å². The summed E-state index contributed by atoms with van der Waals surface area (Å²) in [5.41, 5.74) is 1.62. The molecular weight excluding hydrogens is 332 g/mol. The first-order valence-corrected chi connectivity index (χ1v) is 8.73. The maximum absolute atomic E-state index is 12.4. The van der Waals surface area contributed by atoms with Gasteiger partial charge in [0.2, 0.25) is 5.91 Å². The predicted molar refractivity (Wildman–Crippen MR) is 100 cm³/mol. The van der Waals surface area contributed by atoms with Crippen molar-refractivity contribution in [2.75, 3.05) is 24.5 Å². The quantitative estimate of drug-likeness (QED) is 0.806. The van der Waals surface area contributed by atoms with E-state index in [4.69, 9.17) is 0 Å². The summed E-state index contributed by atoms with van der Waals surface area (Å²) in [6.07, 6.45) is 4.67. The number of hydrogen-bond donors (Lipinski definition) is 2. The summed E-state index contributed by atoms with van der Waals surface area (Å²) >= 11 is 0. The van der Waals surface area contributed by atoms with E-state index < -0.39 is 0 Å². The lowest BCUT2D eigenvalue weighted by atomic mass is 10.2. The highest BCUT2D eigenvalue weighted by molar-refractivity contribution is 6.04. The lowest BCUT2D eigenvalue weighted by molar-refractivity contribution is -0.126. The highest BCUT2D eigenvalue weighted by Crippen LogP contribution is 2.22. The molecule has 1 saturated heterocycles. The van der Waals surface area contributed by atoms with Crippen LogP contribution in [0, 0.1) is 0 Å². The number of anilines is 1. The van der Waals surface area contributed by atoms with Crippen molar-refractivity contribution in [1.29, 1.82) is 0 Å². The van der Waals surface area contributed by atoms with Gasteiger partial charge in [0.15, 0.2) is 5.65 Å². The van der Waals surface area contributed by atoms with Gasteiger partial charge in [-0.15, -0.1) is 0 Å². The average Bonchev–Trinajstić information content (AvgIpc) is 3.03. The fraction of sp³-hybridized carbons (Fsp3) is 0.444. The first-order valence-electron chi connectivity index (χ1n) is 8.73. The fourth-order valence-electron chi connectivity index (χ4n) is 3.16. The molecule has 0 spiro atoms. The normalized spacial score (nSPS) is 17.6. The van der Waals surface area contributed by atoms with Crippen LogP contribution in [0.3, 0.4) is 0 Å². The number of carbonyl (C=O) groups excluding carboxylic acids is 2. The van der Waals surface area contributed by atoms with Crippen LogP contribution in [0.25, 0.3) is 11.2 Å². The van der Waals surface area contributed by atoms with E-state index in [-0.39, 0.29) is 23.9 Å². The van der Waals surface area contributed by atoms with Gasteiger partial charge in [0.1, 0.15) is 11.3 Å². The second-order valence-electron chi connectivity index (χ2n) is 6.79. The van der Waals surface area contributed by atoms with Crippen molar-refractivity contribution >= 4 is 28.8 Å². The molecule has 1 fully saturated rings. The Hall–Kier alpha value is -2.90. The topological polar surface area (TPSA) is 94.2 Å². The molecule has 2 amide bonds. The van der Waals surface area contributed by atoms with Crippen LogP contribution in [-0.4, -0.2) is 63.4 Å². The Labute approximate surface area is 152 Å². The highest BCUT2D eigenvalue weighted by Gasteiger charge is 2.27. The van der Waals surface area contributed by atoms with Crippen molar-refractivity contribution < 1.29 is 9.59 Å². The molecule has 8 nitrogen and oxygen atoms in total. The molecule has 1 aliphatic rings. The lowest BCUT2D eigenvalue weighted by Gasteiger charge is -2.40. The SMILES string of the molecule is C=CC(=O)N1CCN(c2cnc3[nH]cc(C(=O)NC(C)C)c3n2)C(C)C1. The van der Waals surface area contributed by atoms with Crippen LogP contribution in [0.2, 0.25) is 0 Å². The summed E-state index contributed by atoms with van der Waals surface area (Å²) in [4.78, 5) is 40.1. The Balaban J connectivity index is 1.86. The van der Waals surface area contributed by atoms with Gasteiger partial charge in [0.25, 0.3) is 5.91 Å². The molecule has 26 heavy (non-hydrogen) atoms. The minimum Gasteiger partial charge on any atom is -0.350 e. The third-order valence-electron chi connectivity index (χ3n) is 4.44. The Bertz CT molecular complexity index is 843. The van der Waals surface area contributed by atoms with Crippen molar-refractivity contribution in [3.63, 3.8) is 0 Å². The summed E-state index contributed by atoms with van der Waals surface area (Å²) in [7, 11) is 0. The Morgan fingerprint density at radius 2 is 2.19 bits per heavy atom. The zero-order valence-electron chi connectivity index (χ0n) is 15.3. The third kappa shape index (κ3) is 3.40. The van der Waals surface area contributed by atoms with Gasteiger partial charge in [0.05, 0.1) is 11.8 Å². The summed E-state index contributed by atoms with van der Waals surface area (Å²) in [6, 6.07) is 0.130. The van der Waals surface area contributed by atoms with Gasteiger partial charge >= 0.3 is 0 Å². The molecule has 8 heteroatoms. The number of fused-ring (bicyclic) bond motifs is 1. The molecule has 0 aromatic carbocycles. The second-order valence-corrected chi connectivity index (χ2v) is 6.79. The van der Waals surface area contributed by atoms with Gasteiger partial charge in [-0.05, 0) is 26.8 Å². The monoisotopic (exact) mass is 356 g/mol. The standard InChI is InChI=1S/C18H24N6O2/c1-5-15(25)23-6-7-24(12(4)10-23)14-9-20-17-16(22-14)13(8-19-17)18(26)21-11(2)3/h5,8-9,11-12H,1,6-7,10H2,2-4H3,(H,19,20)(H,21,26). The molecule has 0 aliphatic carbocycles. The number of aromatic amines is 1. The third-order valence-corrected chi connectivity index (χ3v) is 4.44. The lowest BCUT2D eigenvalue weighted by Crippen LogP contribution is -2.53. The van der Waals surface area contributed by atoms with Gasteiger partial charge < -0.3 is 20.1 Å². The average molecular weight is 356 g/mol. The van der Waals surface area contributed by atoms with E-state index in [0.717, 1.165) is 0 Å². The van der Waals surface area contributed by atoms with Crippen LogP contribution in [-0.2, 0) is 4.79 Å². The van der Waals surface area contributed by atoms with E-state index in [1.165, 1.54) is 6.08 Å². The zero-order valence-corrected chi connectivity index (χ0v) is 15.3. The zero-order chi connectivity index (χ0) is 18.8. The van der Waals surface area contributed by atoms with E-state index in [2.05, 4.69) is 31.7 Å². The number of rotatable bonds is 4. The first kappa shape index (κ1) is 17.9. The number of nitrogens with zero attached hydrogens (tertiary/aromatic N) is 4. The molecule has 1 aliphatic heterocycles. The number of hydrogen-bond acceptors (Lipinski definition) is 5. The highest BCUT2D eigenvalue weighted by atomic mass is 16.2. The molecular formula is C18H24N6O2. The summed E-state index contributed by atoms with van der Waals surface area (Å²) in [6.45, 7) is 11.3. The van der Waals surface area contributed by atoms with Crippen LogP contribution >= 0.6 is 0 Å². The minimum atomic E-state index is -0.174. The molecule has 0 saturated carbocycles. The molecule has 3 heterocycles. The molecule has 138 valence electrons. The molecule has 2 aromatic rings. The van der Waals surface area contributed by atoms with Crippen molar-refractivity contribution in [2.24, 2.45) is 0 Å². The predicted octanol–water partition coefficient (Wildman–Crippen LogP) is 1.32. The van der Waals surface area contributed by atoms with Gasteiger partial charge in [-0.1, -0.05) is 6.58 Å². The molecule has 2 N–H and O–H groups in total. The molecule has 0 radical (unpaired) electrons. The number of amides is 2. The number of H-pyrrole nitrogens is 1. The molecule has 1 atom stereocenters. The summed E-state index contributed by atoms with van der Waals surface area (Å²) in [5, 5.41) is 2.88. The van der Waals surface area contributed by atoms with Crippen molar-refractivity contribution in [3.05, 3.63) is 30.6 Å². The van der Waals surface area contributed by atoms with Crippen LogP contribution in [0.1, 0.15) is 31.1 Å². The first-order chi connectivity index (χ1) is 12.4. The molecule has 1 unspecified atom stereocenters. The minimum absolute atomic E-state index is 0.0408. The molecule has 2 aromatic heterocycles. The van der Waals surface area contributed by atoms with E-state index in [1.54, 1.807) is 17.3 Å². The largest absolute Gasteiger partial charge is 0.350 e. The number of piperazine rings is 1. The summed E-state index contributed by atoms with van der Waals surface area (Å²) < 4.78 is 0. The molecule has 0 bridgehead atoms. The van der Waals surface area contributed by atoms with Crippen molar-refractivity contribution in [2.45, 2.75) is 32.9 Å². The van der Waals surface area contributed by atoms with Gasteiger partial charge in [-0.25, -0.2) is 9.97 Å². The van der Waals surface area contributed by atoms with Crippen molar-refractivity contribution in [3.8, 4) is 0 Å². The Kier molecular flexibility index (Phi) is 4.92. The van der Waals surface area contributed by atoms with E-state index in [9.17, 15) is 9.59 Å². The number of nitrogens with one attached hydrogen (secondary N) is 2. The number of aromatic nitrogens is 3. The smallest absolute Gasteiger partial charge is 0.255 e. The van der Waals surface area contributed by atoms with E-state index >= 15 is 0 Å². The van der Waals surface area contributed by atoms with E-state index in [0.29, 0.717) is 42.2 Å². The molecule has 3 rings (SSSR count). The second kappa shape index (κ2) is 7.15. The van der Waals surface area contributed by atoms with Crippen LogP contribution in [0.4, 0.5) is 5.82 Å². The van der Waals surface area contributed by atoms with Gasteiger partial charge in [0, 0.05) is 37.9 Å². The maximum atomic E-state index is 12.4. The fourth-order valence-corrected chi connectivity index (χ4v) is 3.16. The number of carbonyl (C=O) groups is 2. The van der Waals surface area contributed by atoms with Gasteiger partial charge in [-0.2, -0.15) is 0 Å². The van der Waals surface area contributed by atoms with Crippen LogP contribution in [0.5, 0.6) is 0 Å². The van der Waals surface area contributed by atoms with Crippen LogP contribution < -0.4 is 10.2 Å². The maximum Gasteiger partial charge on any atom is 0.255 e. The summed E-state index contributed by atoms with van der Waals surface area (Å²) in [5.74, 6) is 0.470. The van der Waals surface area contributed by atoms with E-state index in [1.807, 2.05) is 20.8 Å². The van der Waals surface area contributed by atoms with Crippen molar-refractivity contribution in [1.82, 2.24) is 25.2 Å². The Morgan fingerprint density at radius 3 is 2.85 bits per heavy atom. The Morgan fingerprint density at radius 1 is 1.42 bits per heavy atom.